The molecular weight excluding hydrogens is 434 g/mol. The highest BCUT2D eigenvalue weighted by Gasteiger charge is 2.33. The molecule has 6 nitrogen and oxygen atoms in total. The third kappa shape index (κ3) is 4.74. The summed E-state index contributed by atoms with van der Waals surface area (Å²) in [5.74, 6) is 1.21. The third-order valence-corrected chi connectivity index (χ3v) is 7.25. The first-order valence-electron chi connectivity index (χ1n) is 11.5. The summed E-state index contributed by atoms with van der Waals surface area (Å²) in [6.07, 6.45) is 7.01. The second-order valence-corrected chi connectivity index (χ2v) is 10.5. The first-order chi connectivity index (χ1) is 15.9. The zero-order valence-corrected chi connectivity index (χ0v) is 20.2. The summed E-state index contributed by atoms with van der Waals surface area (Å²) in [5, 5.41) is 0.730. The highest BCUT2D eigenvalue weighted by atomic mass is 32.1. The second-order valence-electron chi connectivity index (χ2n) is 9.45. The van der Waals surface area contributed by atoms with Crippen LogP contribution in [0.3, 0.4) is 0 Å². The van der Waals surface area contributed by atoms with Gasteiger partial charge in [-0.3, -0.25) is 14.7 Å². The van der Waals surface area contributed by atoms with Gasteiger partial charge < -0.3 is 9.47 Å². The number of hydrogen-bond acceptors (Lipinski definition) is 6. The van der Waals surface area contributed by atoms with Gasteiger partial charge >= 0.3 is 0 Å². The number of carbonyl (C=O) groups excluding carboxylic acids is 1. The molecule has 3 aromatic rings. The number of pyridine rings is 1. The number of rotatable bonds is 6. The largest absolute Gasteiger partial charge is 0.483 e. The number of fused-ring (bicyclic) bond motifs is 2. The molecular formula is C26H29N3O3S. The number of thiazole rings is 1. The van der Waals surface area contributed by atoms with Crippen LogP contribution in [0.1, 0.15) is 54.1 Å². The van der Waals surface area contributed by atoms with E-state index in [-0.39, 0.29) is 18.1 Å². The molecule has 0 fully saturated rings. The van der Waals surface area contributed by atoms with Crippen molar-refractivity contribution in [3.8, 4) is 11.5 Å². The summed E-state index contributed by atoms with van der Waals surface area (Å²) in [6.45, 7) is 6.40. The van der Waals surface area contributed by atoms with Gasteiger partial charge in [0.2, 0.25) is 0 Å². The number of nitrogens with zero attached hydrogens (tertiary/aromatic N) is 3. The Morgan fingerprint density at radius 1 is 1.21 bits per heavy atom. The molecule has 7 heteroatoms. The van der Waals surface area contributed by atoms with E-state index in [1.807, 2.05) is 43.5 Å². The van der Waals surface area contributed by atoms with E-state index in [1.54, 1.807) is 16.2 Å². The van der Waals surface area contributed by atoms with Gasteiger partial charge in [0.25, 0.3) is 5.91 Å². The standard InChI is InChI=1S/C26H29N3O3S/c1-17-11-12-19(27-14-17)15-29(25-28-20-8-4-5-10-22(20)33-25)23(30)16-31-21-9-6-7-18-13-26(2,3)32-24(18)21/h6-7,9,11-12,14H,4-5,8,10,13,15-16H2,1-3H3. The molecule has 0 bridgehead atoms. The second kappa shape index (κ2) is 8.78. The van der Waals surface area contributed by atoms with Crippen molar-refractivity contribution in [1.82, 2.24) is 9.97 Å². The maximum Gasteiger partial charge on any atom is 0.267 e. The maximum absolute atomic E-state index is 13.4. The summed E-state index contributed by atoms with van der Waals surface area (Å²) in [6, 6.07) is 9.84. The van der Waals surface area contributed by atoms with Crippen LogP contribution in [0.2, 0.25) is 0 Å². The average molecular weight is 464 g/mol. The van der Waals surface area contributed by atoms with Gasteiger partial charge in [-0.25, -0.2) is 4.98 Å². The number of amides is 1. The molecule has 2 aliphatic rings. The molecule has 3 heterocycles. The first kappa shape index (κ1) is 21.9. The molecule has 2 aromatic heterocycles. The van der Waals surface area contributed by atoms with Gasteiger partial charge in [-0.15, -0.1) is 11.3 Å². The third-order valence-electron chi connectivity index (χ3n) is 6.07. The van der Waals surface area contributed by atoms with Crippen molar-refractivity contribution in [2.24, 2.45) is 0 Å². The van der Waals surface area contributed by atoms with Crippen LogP contribution in [0.5, 0.6) is 11.5 Å². The molecule has 0 N–H and O–H groups in total. The number of anilines is 1. The predicted octanol–water partition coefficient (Wildman–Crippen LogP) is 5.05. The van der Waals surface area contributed by atoms with E-state index in [4.69, 9.17) is 14.5 Å². The zero-order chi connectivity index (χ0) is 23.0. The first-order valence-corrected chi connectivity index (χ1v) is 12.3. The van der Waals surface area contributed by atoms with Crippen LogP contribution in [0.15, 0.2) is 36.5 Å². The van der Waals surface area contributed by atoms with Crippen molar-refractivity contribution in [2.75, 3.05) is 11.5 Å². The number of carbonyl (C=O) groups is 1. The fraction of sp³-hybridized carbons (Fsp3) is 0.423. The molecule has 0 atom stereocenters. The van der Waals surface area contributed by atoms with Gasteiger partial charge in [-0.1, -0.05) is 18.2 Å². The molecule has 1 aliphatic carbocycles. The Labute approximate surface area is 198 Å². The highest BCUT2D eigenvalue weighted by Crippen LogP contribution is 2.42. The molecule has 5 rings (SSSR count). The minimum Gasteiger partial charge on any atom is -0.483 e. The van der Waals surface area contributed by atoms with Crippen molar-refractivity contribution >= 4 is 22.4 Å². The number of para-hydroxylation sites is 1. The SMILES string of the molecule is Cc1ccc(CN(C(=O)COc2cccc3c2OC(C)(C)C3)c2nc3c(s2)CCCC3)nc1. The van der Waals surface area contributed by atoms with Crippen molar-refractivity contribution < 1.29 is 14.3 Å². The normalized spacial score (nSPS) is 16.0. The molecule has 0 unspecified atom stereocenters. The van der Waals surface area contributed by atoms with Crippen LogP contribution >= 0.6 is 11.3 Å². The lowest BCUT2D eigenvalue weighted by molar-refractivity contribution is -0.120. The van der Waals surface area contributed by atoms with E-state index in [0.717, 1.165) is 59.1 Å². The van der Waals surface area contributed by atoms with Crippen molar-refractivity contribution in [3.05, 3.63) is 63.9 Å². The van der Waals surface area contributed by atoms with Gasteiger partial charge in [0, 0.05) is 23.1 Å². The molecule has 0 saturated carbocycles. The van der Waals surface area contributed by atoms with Gasteiger partial charge in [0.05, 0.1) is 17.9 Å². The molecule has 172 valence electrons. The van der Waals surface area contributed by atoms with Crippen LogP contribution in [-0.2, 0) is 30.6 Å². The molecule has 0 radical (unpaired) electrons. The quantitative estimate of drug-likeness (QED) is 0.512. The molecule has 1 aromatic carbocycles. The summed E-state index contributed by atoms with van der Waals surface area (Å²) in [4.78, 5) is 25.8. The monoisotopic (exact) mass is 463 g/mol. The summed E-state index contributed by atoms with van der Waals surface area (Å²) >= 11 is 1.62. The minimum absolute atomic E-state index is 0.0870. The smallest absolute Gasteiger partial charge is 0.267 e. The Balaban J connectivity index is 1.37. The number of benzene rings is 1. The Morgan fingerprint density at radius 2 is 2.06 bits per heavy atom. The van der Waals surface area contributed by atoms with Gasteiger partial charge in [0.1, 0.15) is 5.60 Å². The predicted molar refractivity (Wildman–Crippen MR) is 129 cm³/mol. The number of aryl methyl sites for hydroxylation is 3. The van der Waals surface area contributed by atoms with Crippen molar-refractivity contribution in [1.29, 1.82) is 0 Å². The molecule has 0 spiro atoms. The van der Waals surface area contributed by atoms with Crippen LogP contribution in [0.25, 0.3) is 0 Å². The molecule has 1 aliphatic heterocycles. The van der Waals surface area contributed by atoms with Crippen molar-refractivity contribution in [3.63, 3.8) is 0 Å². The summed E-state index contributed by atoms with van der Waals surface area (Å²) < 4.78 is 12.1. The van der Waals surface area contributed by atoms with E-state index in [1.165, 1.54) is 11.3 Å². The van der Waals surface area contributed by atoms with E-state index >= 15 is 0 Å². The Kier molecular flexibility index (Phi) is 5.83. The number of aromatic nitrogens is 2. The molecule has 0 saturated heterocycles. The van der Waals surface area contributed by atoms with Crippen LogP contribution < -0.4 is 14.4 Å². The maximum atomic E-state index is 13.4. The van der Waals surface area contributed by atoms with E-state index < -0.39 is 0 Å². The average Bonchev–Trinajstić information content (AvgIpc) is 3.36. The lowest BCUT2D eigenvalue weighted by Gasteiger charge is -2.21. The van der Waals surface area contributed by atoms with E-state index in [2.05, 4.69) is 18.8 Å². The molecule has 1 amide bonds. The lowest BCUT2D eigenvalue weighted by atomic mass is 10.0. The Bertz CT molecular complexity index is 1150. The van der Waals surface area contributed by atoms with Gasteiger partial charge in [-0.2, -0.15) is 0 Å². The van der Waals surface area contributed by atoms with Gasteiger partial charge in [0.15, 0.2) is 23.2 Å². The Morgan fingerprint density at radius 3 is 2.85 bits per heavy atom. The number of hydrogen-bond donors (Lipinski definition) is 0. The number of ether oxygens (including phenoxy) is 2. The fourth-order valence-electron chi connectivity index (χ4n) is 4.39. The zero-order valence-electron chi connectivity index (χ0n) is 19.4. The molecule has 33 heavy (non-hydrogen) atoms. The lowest BCUT2D eigenvalue weighted by Crippen LogP contribution is -2.35. The van der Waals surface area contributed by atoms with Crippen LogP contribution in [0.4, 0.5) is 5.13 Å². The fourth-order valence-corrected chi connectivity index (χ4v) is 5.55. The van der Waals surface area contributed by atoms with Gasteiger partial charge in [-0.05, 0) is 64.2 Å². The summed E-state index contributed by atoms with van der Waals surface area (Å²) in [7, 11) is 0. The summed E-state index contributed by atoms with van der Waals surface area (Å²) in [5.41, 5.74) is 3.89. The topological polar surface area (TPSA) is 64.6 Å². The van der Waals surface area contributed by atoms with Crippen LogP contribution in [-0.4, -0.2) is 28.1 Å². The Hall–Kier alpha value is -2.93. The highest BCUT2D eigenvalue weighted by molar-refractivity contribution is 7.15. The van der Waals surface area contributed by atoms with Crippen LogP contribution in [0, 0.1) is 6.92 Å². The van der Waals surface area contributed by atoms with Crippen molar-refractivity contribution in [2.45, 2.75) is 65.0 Å². The van der Waals surface area contributed by atoms with E-state index in [9.17, 15) is 4.79 Å². The minimum atomic E-state index is -0.269. The van der Waals surface area contributed by atoms with E-state index in [0.29, 0.717) is 12.3 Å².